The quantitative estimate of drug-likeness (QED) is 0.303. The highest BCUT2D eigenvalue weighted by molar-refractivity contribution is 6.24. The second-order valence-electron chi connectivity index (χ2n) is 3.02. The number of carbonyl (C=O) groups excluding carboxylic acids is 1. The number of benzene rings is 1. The molecule has 0 atom stereocenters. The molecule has 4 heteroatoms. The first-order valence-electron chi connectivity index (χ1n) is 4.19. The summed E-state index contributed by atoms with van der Waals surface area (Å²) in [5.74, 6) is -0.330. The molecule has 0 fully saturated rings. The van der Waals surface area contributed by atoms with Gasteiger partial charge in [0.2, 0.25) is 11.9 Å². The molecular weight excluding hydrogens is 180 g/mol. The zero-order valence-electron chi connectivity index (χ0n) is 8.18. The second-order valence-corrected chi connectivity index (χ2v) is 3.02. The summed E-state index contributed by atoms with van der Waals surface area (Å²) in [7, 11) is 3.19. The zero-order valence-corrected chi connectivity index (χ0v) is 8.18. The molecule has 1 aromatic rings. The molecule has 0 bridgehead atoms. The van der Waals surface area contributed by atoms with Gasteiger partial charge in [-0.1, -0.05) is 18.2 Å². The maximum atomic E-state index is 11.4. The minimum atomic E-state index is -0.330. The minimum absolute atomic E-state index is 0.330. The lowest BCUT2D eigenvalue weighted by Crippen LogP contribution is -2.25. The van der Waals surface area contributed by atoms with Gasteiger partial charge in [0.25, 0.3) is 0 Å². The summed E-state index contributed by atoms with van der Waals surface area (Å²) in [4.78, 5) is 12.5. The topological polar surface area (TPSA) is 46.4 Å². The molecule has 1 amide bonds. The van der Waals surface area contributed by atoms with Crippen LogP contribution in [0.1, 0.15) is 0 Å². The zero-order chi connectivity index (χ0) is 10.6. The molecule has 74 valence electrons. The van der Waals surface area contributed by atoms with Gasteiger partial charge in [0.1, 0.15) is 0 Å². The van der Waals surface area contributed by atoms with Gasteiger partial charge in [0, 0.05) is 26.2 Å². The molecule has 0 N–H and O–H groups in total. The summed E-state index contributed by atoms with van der Waals surface area (Å²) < 4.78 is 0.558. The molecule has 1 aromatic carbocycles. The highest BCUT2D eigenvalue weighted by Crippen LogP contribution is 2.07. The summed E-state index contributed by atoms with van der Waals surface area (Å²) >= 11 is 0. The Morgan fingerprint density at radius 3 is 2.43 bits per heavy atom. The van der Waals surface area contributed by atoms with Crippen LogP contribution in [0.4, 0.5) is 5.69 Å². The number of hydrogen-bond acceptors (Lipinski definition) is 2. The van der Waals surface area contributed by atoms with E-state index in [1.807, 2.05) is 6.07 Å². The van der Waals surface area contributed by atoms with E-state index >= 15 is 0 Å². The van der Waals surface area contributed by atoms with Crippen LogP contribution in [0, 0.1) is 5.21 Å². The number of para-hydroxylation sites is 1. The lowest BCUT2D eigenvalue weighted by Gasteiger charge is -2.06. The maximum Gasteiger partial charge on any atom is 0.311 e. The molecule has 4 nitrogen and oxygen atoms in total. The molecule has 1 rings (SSSR count). The van der Waals surface area contributed by atoms with Crippen LogP contribution in [-0.2, 0) is 4.79 Å². The van der Waals surface area contributed by atoms with E-state index in [0.29, 0.717) is 10.4 Å². The van der Waals surface area contributed by atoms with Crippen molar-refractivity contribution in [2.24, 2.45) is 0 Å². The van der Waals surface area contributed by atoms with Crippen molar-refractivity contribution in [3.63, 3.8) is 0 Å². The maximum absolute atomic E-state index is 11.4. The molecule has 0 heterocycles. The molecule has 0 radical (unpaired) electrons. The fourth-order valence-electron chi connectivity index (χ4n) is 0.865. The number of carbonyl (C=O) groups is 1. The van der Waals surface area contributed by atoms with Gasteiger partial charge < -0.3 is 10.1 Å². The Morgan fingerprint density at radius 2 is 1.93 bits per heavy atom. The van der Waals surface area contributed by atoms with Crippen molar-refractivity contribution in [1.29, 1.82) is 0 Å². The number of amides is 1. The van der Waals surface area contributed by atoms with Crippen molar-refractivity contribution in [2.45, 2.75) is 0 Å². The highest BCUT2D eigenvalue weighted by atomic mass is 16.5. The van der Waals surface area contributed by atoms with Crippen LogP contribution in [0.3, 0.4) is 0 Å². The van der Waals surface area contributed by atoms with Crippen LogP contribution in [0.2, 0.25) is 0 Å². The van der Waals surface area contributed by atoms with Crippen molar-refractivity contribution in [1.82, 2.24) is 4.90 Å². The van der Waals surface area contributed by atoms with Crippen molar-refractivity contribution in [3.8, 4) is 0 Å². The second kappa shape index (κ2) is 4.41. The third-order valence-electron chi connectivity index (χ3n) is 1.68. The van der Waals surface area contributed by atoms with Gasteiger partial charge in [-0.3, -0.25) is 4.79 Å². The molecule has 0 aliphatic heterocycles. The molecule has 14 heavy (non-hydrogen) atoms. The standard InChI is InChI=1S/C10H12N2O2/c1-11(2)10(13)8-12(14)9-6-4-3-5-7-9/h3-8H,1-2H3/b12-8-. The third-order valence-corrected chi connectivity index (χ3v) is 1.68. The van der Waals surface area contributed by atoms with Crippen molar-refractivity contribution in [3.05, 3.63) is 35.5 Å². The molecule has 0 aliphatic carbocycles. The average Bonchev–Trinajstić information content (AvgIpc) is 2.19. The minimum Gasteiger partial charge on any atom is -0.618 e. The summed E-state index contributed by atoms with van der Waals surface area (Å²) in [6.07, 6.45) is 1.01. The smallest absolute Gasteiger partial charge is 0.311 e. The highest BCUT2D eigenvalue weighted by Gasteiger charge is 2.06. The fourth-order valence-corrected chi connectivity index (χ4v) is 0.865. The van der Waals surface area contributed by atoms with Crippen molar-refractivity contribution < 1.29 is 9.53 Å². The fraction of sp³-hybridized carbons (Fsp3) is 0.200. The Hall–Kier alpha value is -1.84. The Morgan fingerprint density at radius 1 is 1.36 bits per heavy atom. The number of nitrogens with zero attached hydrogens (tertiary/aromatic N) is 2. The predicted octanol–water partition coefficient (Wildman–Crippen LogP) is 0.987. The largest absolute Gasteiger partial charge is 0.618 e. The van der Waals surface area contributed by atoms with E-state index in [9.17, 15) is 10.0 Å². The van der Waals surface area contributed by atoms with E-state index in [1.165, 1.54) is 4.90 Å². The van der Waals surface area contributed by atoms with E-state index < -0.39 is 0 Å². The first kappa shape index (κ1) is 10.2. The van der Waals surface area contributed by atoms with E-state index in [1.54, 1.807) is 38.4 Å². The van der Waals surface area contributed by atoms with Crippen LogP contribution >= 0.6 is 0 Å². The van der Waals surface area contributed by atoms with E-state index in [0.717, 1.165) is 6.21 Å². The summed E-state index contributed by atoms with van der Waals surface area (Å²) in [6, 6.07) is 8.59. The number of hydrogen-bond donors (Lipinski definition) is 0. The van der Waals surface area contributed by atoms with Gasteiger partial charge in [-0.25, -0.2) is 0 Å². The van der Waals surface area contributed by atoms with E-state index in [4.69, 9.17) is 0 Å². The normalized spacial score (nSPS) is 11.1. The lowest BCUT2D eigenvalue weighted by atomic mass is 10.3. The van der Waals surface area contributed by atoms with Crippen molar-refractivity contribution in [2.75, 3.05) is 14.1 Å². The Bertz CT molecular complexity index is 344. The van der Waals surface area contributed by atoms with Gasteiger partial charge >= 0.3 is 5.91 Å². The lowest BCUT2D eigenvalue weighted by molar-refractivity contribution is -0.354. The van der Waals surface area contributed by atoms with Crippen LogP contribution in [-0.4, -0.2) is 35.9 Å². The van der Waals surface area contributed by atoms with Crippen LogP contribution in [0.5, 0.6) is 0 Å². The summed E-state index contributed by atoms with van der Waals surface area (Å²) in [6.45, 7) is 0. The Balaban J connectivity index is 2.85. The van der Waals surface area contributed by atoms with Gasteiger partial charge in [-0.2, -0.15) is 4.74 Å². The van der Waals surface area contributed by atoms with Gasteiger partial charge in [0.05, 0.1) is 0 Å². The average molecular weight is 192 g/mol. The van der Waals surface area contributed by atoms with Crippen LogP contribution < -0.4 is 0 Å². The summed E-state index contributed by atoms with van der Waals surface area (Å²) in [5, 5.41) is 11.4. The molecule has 0 saturated carbocycles. The third kappa shape index (κ3) is 2.58. The first-order chi connectivity index (χ1) is 6.61. The van der Waals surface area contributed by atoms with Crippen LogP contribution in [0.25, 0.3) is 0 Å². The van der Waals surface area contributed by atoms with Crippen molar-refractivity contribution >= 4 is 17.8 Å². The van der Waals surface area contributed by atoms with E-state index in [2.05, 4.69) is 0 Å². The van der Waals surface area contributed by atoms with Gasteiger partial charge in [0.15, 0.2) is 0 Å². The Kier molecular flexibility index (Phi) is 3.23. The molecule has 0 spiro atoms. The monoisotopic (exact) mass is 192 g/mol. The molecule has 0 unspecified atom stereocenters. The first-order valence-corrected chi connectivity index (χ1v) is 4.19. The van der Waals surface area contributed by atoms with E-state index in [-0.39, 0.29) is 5.91 Å². The molecule has 0 aromatic heterocycles. The molecule has 0 saturated heterocycles. The van der Waals surface area contributed by atoms with Gasteiger partial charge in [-0.05, 0) is 0 Å². The van der Waals surface area contributed by atoms with Gasteiger partial charge in [-0.15, -0.1) is 0 Å². The number of rotatable bonds is 2. The molecular formula is C10H12N2O2. The Labute approximate surface area is 82.7 Å². The molecule has 0 aliphatic rings. The SMILES string of the molecule is CN(C)C(=O)/C=[N+](\[O-])c1ccccc1. The predicted molar refractivity (Wildman–Crippen MR) is 54.5 cm³/mol. The van der Waals surface area contributed by atoms with Crippen LogP contribution in [0.15, 0.2) is 30.3 Å². The summed E-state index contributed by atoms with van der Waals surface area (Å²) in [5.41, 5.74) is 0.447.